The van der Waals surface area contributed by atoms with Crippen molar-refractivity contribution in [2.75, 3.05) is 20.2 Å². The molecule has 1 aromatic heterocycles. The van der Waals surface area contributed by atoms with E-state index in [-0.39, 0.29) is 0 Å². The number of aliphatic imine (C=N–C) groups is 1. The molecule has 2 N–H and O–H groups in total. The van der Waals surface area contributed by atoms with Crippen LogP contribution in [0.15, 0.2) is 53.7 Å². The molecular formula is C19H26N4O. The van der Waals surface area contributed by atoms with Gasteiger partial charge in [0.2, 0.25) is 0 Å². The SMILES string of the molecule is CCOCc1ccccc1CNC(=NC)NCCc1ccccn1. The van der Waals surface area contributed by atoms with E-state index in [0.717, 1.165) is 31.2 Å². The van der Waals surface area contributed by atoms with Crippen LogP contribution < -0.4 is 10.6 Å². The summed E-state index contributed by atoms with van der Waals surface area (Å²) >= 11 is 0. The van der Waals surface area contributed by atoms with Gasteiger partial charge in [0.25, 0.3) is 0 Å². The third kappa shape index (κ3) is 6.01. The number of guanidine groups is 1. The summed E-state index contributed by atoms with van der Waals surface area (Å²) in [7, 11) is 1.78. The lowest BCUT2D eigenvalue weighted by Gasteiger charge is -2.14. The van der Waals surface area contributed by atoms with E-state index in [0.29, 0.717) is 13.2 Å². The zero-order chi connectivity index (χ0) is 17.0. The maximum Gasteiger partial charge on any atom is 0.191 e. The van der Waals surface area contributed by atoms with E-state index in [1.807, 2.05) is 43.5 Å². The van der Waals surface area contributed by atoms with Crippen molar-refractivity contribution in [1.29, 1.82) is 0 Å². The van der Waals surface area contributed by atoms with Crippen LogP contribution in [0.25, 0.3) is 0 Å². The van der Waals surface area contributed by atoms with E-state index >= 15 is 0 Å². The Hall–Kier alpha value is -2.40. The van der Waals surface area contributed by atoms with E-state index in [1.54, 1.807) is 7.05 Å². The van der Waals surface area contributed by atoms with Crippen LogP contribution in [-0.4, -0.2) is 31.1 Å². The number of rotatable bonds is 8. The fourth-order valence-electron chi connectivity index (χ4n) is 2.34. The minimum absolute atomic E-state index is 0.639. The summed E-state index contributed by atoms with van der Waals surface area (Å²) in [5, 5.41) is 6.67. The standard InChI is InChI=1S/C19H26N4O/c1-3-24-15-17-9-5-4-8-16(17)14-23-19(20-2)22-13-11-18-10-6-7-12-21-18/h4-10,12H,3,11,13-15H2,1-2H3,(H2,20,22,23). The van der Waals surface area contributed by atoms with Gasteiger partial charge in [0, 0.05) is 45.1 Å². The normalized spacial score (nSPS) is 11.3. The van der Waals surface area contributed by atoms with E-state index in [2.05, 4.69) is 32.7 Å². The lowest BCUT2D eigenvalue weighted by atomic mass is 10.1. The first-order chi connectivity index (χ1) is 11.8. The van der Waals surface area contributed by atoms with Gasteiger partial charge in [-0.15, -0.1) is 0 Å². The van der Waals surface area contributed by atoms with Crippen LogP contribution in [0, 0.1) is 0 Å². The summed E-state index contributed by atoms with van der Waals surface area (Å²) in [5.74, 6) is 0.789. The third-order valence-electron chi connectivity index (χ3n) is 3.65. The molecule has 0 fully saturated rings. The van der Waals surface area contributed by atoms with E-state index in [1.165, 1.54) is 11.1 Å². The molecule has 1 heterocycles. The molecule has 0 spiro atoms. The Morgan fingerprint density at radius 2 is 1.88 bits per heavy atom. The van der Waals surface area contributed by atoms with E-state index in [9.17, 15) is 0 Å². The molecule has 5 nitrogen and oxygen atoms in total. The number of nitrogens with zero attached hydrogens (tertiary/aromatic N) is 2. The molecule has 24 heavy (non-hydrogen) atoms. The maximum atomic E-state index is 5.53. The van der Waals surface area contributed by atoms with Gasteiger partial charge in [0.1, 0.15) is 0 Å². The number of aromatic nitrogens is 1. The van der Waals surface area contributed by atoms with E-state index < -0.39 is 0 Å². The van der Waals surface area contributed by atoms with Crippen LogP contribution in [0.3, 0.4) is 0 Å². The average Bonchev–Trinajstić information content (AvgIpc) is 2.64. The summed E-state index contributed by atoms with van der Waals surface area (Å²) in [5.41, 5.74) is 3.50. The minimum atomic E-state index is 0.639. The Morgan fingerprint density at radius 1 is 1.08 bits per heavy atom. The second-order valence-corrected chi connectivity index (χ2v) is 5.33. The van der Waals surface area contributed by atoms with Crippen LogP contribution in [0.1, 0.15) is 23.7 Å². The van der Waals surface area contributed by atoms with Gasteiger partial charge in [-0.1, -0.05) is 30.3 Å². The summed E-state index contributed by atoms with van der Waals surface area (Å²) < 4.78 is 5.53. The van der Waals surface area contributed by atoms with Crippen LogP contribution in [-0.2, 0) is 24.3 Å². The van der Waals surface area contributed by atoms with E-state index in [4.69, 9.17) is 4.74 Å². The van der Waals surface area contributed by atoms with Crippen molar-refractivity contribution in [3.63, 3.8) is 0 Å². The lowest BCUT2D eigenvalue weighted by molar-refractivity contribution is 0.133. The Labute approximate surface area is 144 Å². The van der Waals surface area contributed by atoms with Crippen LogP contribution in [0.5, 0.6) is 0 Å². The zero-order valence-electron chi connectivity index (χ0n) is 14.5. The molecule has 0 atom stereocenters. The molecule has 0 saturated carbocycles. The van der Waals surface area contributed by atoms with Crippen molar-refractivity contribution in [3.05, 3.63) is 65.5 Å². The quantitative estimate of drug-likeness (QED) is 0.578. The maximum absolute atomic E-state index is 5.53. The van der Waals surface area contributed by atoms with Crippen LogP contribution in [0.4, 0.5) is 0 Å². The monoisotopic (exact) mass is 326 g/mol. The molecule has 0 aliphatic carbocycles. The fourth-order valence-corrected chi connectivity index (χ4v) is 2.34. The highest BCUT2D eigenvalue weighted by Gasteiger charge is 2.03. The van der Waals surface area contributed by atoms with Crippen LogP contribution in [0.2, 0.25) is 0 Å². The molecule has 0 aliphatic rings. The van der Waals surface area contributed by atoms with Gasteiger partial charge in [-0.3, -0.25) is 9.98 Å². The van der Waals surface area contributed by atoms with Gasteiger partial charge in [-0.2, -0.15) is 0 Å². The van der Waals surface area contributed by atoms with Gasteiger partial charge in [0.05, 0.1) is 6.61 Å². The fraction of sp³-hybridized carbons (Fsp3) is 0.368. The highest BCUT2D eigenvalue weighted by Crippen LogP contribution is 2.09. The molecule has 2 aromatic rings. The largest absolute Gasteiger partial charge is 0.377 e. The first kappa shape index (κ1) is 17.9. The van der Waals surface area contributed by atoms with Gasteiger partial charge >= 0.3 is 0 Å². The molecule has 0 amide bonds. The molecule has 2 rings (SSSR count). The molecular weight excluding hydrogens is 300 g/mol. The van der Waals surface area contributed by atoms with Gasteiger partial charge in [-0.05, 0) is 30.2 Å². The zero-order valence-corrected chi connectivity index (χ0v) is 14.5. The number of ether oxygens (including phenoxy) is 1. The first-order valence-corrected chi connectivity index (χ1v) is 8.32. The first-order valence-electron chi connectivity index (χ1n) is 8.32. The Kier molecular flexibility index (Phi) is 7.77. The molecule has 0 unspecified atom stereocenters. The molecule has 128 valence electrons. The van der Waals surface area contributed by atoms with Crippen molar-refractivity contribution in [3.8, 4) is 0 Å². The number of hydrogen-bond acceptors (Lipinski definition) is 3. The number of nitrogens with one attached hydrogen (secondary N) is 2. The molecule has 0 bridgehead atoms. The topological polar surface area (TPSA) is 58.5 Å². The van der Waals surface area contributed by atoms with Gasteiger partial charge in [-0.25, -0.2) is 0 Å². The van der Waals surface area contributed by atoms with Gasteiger partial charge in [0.15, 0.2) is 5.96 Å². The minimum Gasteiger partial charge on any atom is -0.377 e. The smallest absolute Gasteiger partial charge is 0.191 e. The van der Waals surface area contributed by atoms with Crippen molar-refractivity contribution < 1.29 is 4.74 Å². The Balaban J connectivity index is 1.81. The summed E-state index contributed by atoms with van der Waals surface area (Å²) in [6.45, 7) is 4.87. The van der Waals surface area contributed by atoms with Crippen molar-refractivity contribution in [2.24, 2.45) is 4.99 Å². The molecule has 5 heteroatoms. The van der Waals surface area contributed by atoms with Crippen molar-refractivity contribution >= 4 is 5.96 Å². The third-order valence-corrected chi connectivity index (χ3v) is 3.65. The second kappa shape index (κ2) is 10.4. The summed E-state index contributed by atoms with van der Waals surface area (Å²) in [6, 6.07) is 14.3. The number of pyridine rings is 1. The Morgan fingerprint density at radius 3 is 2.58 bits per heavy atom. The number of hydrogen-bond donors (Lipinski definition) is 2. The average molecular weight is 326 g/mol. The Bertz CT molecular complexity index is 628. The van der Waals surface area contributed by atoms with Crippen molar-refractivity contribution in [2.45, 2.75) is 26.5 Å². The molecule has 0 radical (unpaired) electrons. The second-order valence-electron chi connectivity index (χ2n) is 5.33. The predicted octanol–water partition coefficient (Wildman–Crippen LogP) is 2.53. The van der Waals surface area contributed by atoms with Crippen molar-refractivity contribution in [1.82, 2.24) is 15.6 Å². The summed E-state index contributed by atoms with van der Waals surface area (Å²) in [4.78, 5) is 8.59. The molecule has 0 aliphatic heterocycles. The highest BCUT2D eigenvalue weighted by molar-refractivity contribution is 5.79. The van der Waals surface area contributed by atoms with Crippen LogP contribution >= 0.6 is 0 Å². The predicted molar refractivity (Wildman–Crippen MR) is 97.9 cm³/mol. The summed E-state index contributed by atoms with van der Waals surface area (Å²) in [6.07, 6.45) is 2.68. The lowest BCUT2D eigenvalue weighted by Crippen LogP contribution is -2.38. The molecule has 0 saturated heterocycles. The molecule has 1 aromatic carbocycles. The highest BCUT2D eigenvalue weighted by atomic mass is 16.5. The van der Waals surface area contributed by atoms with Gasteiger partial charge < -0.3 is 15.4 Å². The number of benzene rings is 1.